The second-order valence-corrected chi connectivity index (χ2v) is 10.8. The van der Waals surface area contributed by atoms with E-state index in [2.05, 4.69) is 62.4 Å². The topological polar surface area (TPSA) is 0 Å². The first-order valence-electron chi connectivity index (χ1n) is 12.7. The van der Waals surface area contributed by atoms with E-state index in [4.69, 9.17) is 11.6 Å². The van der Waals surface area contributed by atoms with E-state index < -0.39 is 17.6 Å². The van der Waals surface area contributed by atoms with Crippen LogP contribution in [0.15, 0.2) is 106 Å². The van der Waals surface area contributed by atoms with E-state index in [1.165, 1.54) is 33.9 Å². The van der Waals surface area contributed by atoms with E-state index in [1.807, 2.05) is 25.1 Å². The fraction of sp³-hybridized carbons (Fsp3) is 0.273. The van der Waals surface area contributed by atoms with Crippen molar-refractivity contribution in [3.05, 3.63) is 128 Å². The fourth-order valence-corrected chi connectivity index (χ4v) is 5.94. The van der Waals surface area contributed by atoms with Crippen molar-refractivity contribution in [3.8, 4) is 0 Å². The highest BCUT2D eigenvalue weighted by Crippen LogP contribution is 2.48. The minimum atomic E-state index is -0.755. The lowest BCUT2D eigenvalue weighted by atomic mass is 9.72. The van der Waals surface area contributed by atoms with Gasteiger partial charge in [-0.05, 0) is 92.0 Å². The van der Waals surface area contributed by atoms with Gasteiger partial charge in [0.1, 0.15) is 5.83 Å². The minimum Gasteiger partial charge on any atom is -0.208 e. The number of aryl methyl sites for hydroxylation is 1. The third kappa shape index (κ3) is 4.84. The number of hydrogen-bond acceptors (Lipinski definition) is 0. The lowest BCUT2D eigenvalue weighted by Crippen LogP contribution is -2.16. The molecule has 184 valence electrons. The Bertz CT molecular complexity index is 1380. The first kappa shape index (κ1) is 24.7. The van der Waals surface area contributed by atoms with Crippen LogP contribution in [0.3, 0.4) is 0 Å². The molecular weight excluding hydrogens is 470 g/mol. The van der Waals surface area contributed by atoms with Crippen LogP contribution >= 0.6 is 11.6 Å². The van der Waals surface area contributed by atoms with Gasteiger partial charge >= 0.3 is 0 Å². The van der Waals surface area contributed by atoms with Crippen molar-refractivity contribution in [2.45, 2.75) is 52.4 Å². The molecule has 0 amide bonds. The average molecular weight is 501 g/mol. The normalized spacial score (nSPS) is 22.7. The maximum Gasteiger partial charge on any atom is 0.155 e. The molecule has 36 heavy (non-hydrogen) atoms. The van der Waals surface area contributed by atoms with Gasteiger partial charge in [-0.3, -0.25) is 0 Å². The van der Waals surface area contributed by atoms with Gasteiger partial charge in [-0.2, -0.15) is 0 Å². The van der Waals surface area contributed by atoms with Crippen LogP contribution in [0.5, 0.6) is 0 Å². The molecule has 0 fully saturated rings. The smallest absolute Gasteiger partial charge is 0.155 e. The van der Waals surface area contributed by atoms with Crippen LogP contribution in [-0.2, 0) is 0 Å². The van der Waals surface area contributed by atoms with Crippen LogP contribution in [-0.4, -0.2) is 0 Å². The van der Waals surface area contributed by atoms with Gasteiger partial charge in [-0.15, -0.1) is 0 Å². The Morgan fingerprint density at radius 2 is 1.50 bits per heavy atom. The SMILES string of the molecule is CC1=CC=C(c2ccccc2C2CC(C)=CC(F)=C2F)C(C2=C(c3ccc(C)cc3)CCC(Cl)=C2)C1. The van der Waals surface area contributed by atoms with Gasteiger partial charge in [0.05, 0.1) is 0 Å². The Morgan fingerprint density at radius 1 is 0.778 bits per heavy atom. The molecule has 2 aromatic carbocycles. The highest BCUT2D eigenvalue weighted by atomic mass is 35.5. The summed E-state index contributed by atoms with van der Waals surface area (Å²) in [6, 6.07) is 16.6. The molecule has 0 saturated carbocycles. The number of benzene rings is 2. The Morgan fingerprint density at radius 3 is 2.28 bits per heavy atom. The van der Waals surface area contributed by atoms with Gasteiger partial charge in [0, 0.05) is 16.9 Å². The minimum absolute atomic E-state index is 0.0821. The summed E-state index contributed by atoms with van der Waals surface area (Å²) in [6.45, 7) is 6.12. The van der Waals surface area contributed by atoms with Crippen molar-refractivity contribution < 1.29 is 8.78 Å². The van der Waals surface area contributed by atoms with Crippen LogP contribution in [0.4, 0.5) is 8.78 Å². The number of hydrogen-bond donors (Lipinski definition) is 0. The van der Waals surface area contributed by atoms with Crippen molar-refractivity contribution in [2.24, 2.45) is 5.92 Å². The van der Waals surface area contributed by atoms with E-state index in [0.717, 1.165) is 46.6 Å². The highest BCUT2D eigenvalue weighted by Gasteiger charge is 2.32. The average Bonchev–Trinajstić information content (AvgIpc) is 2.87. The van der Waals surface area contributed by atoms with Gasteiger partial charge in [-0.25, -0.2) is 8.78 Å². The molecule has 0 aromatic heterocycles. The number of rotatable bonds is 4. The zero-order valence-electron chi connectivity index (χ0n) is 21.0. The van der Waals surface area contributed by atoms with Crippen LogP contribution in [0.2, 0.25) is 0 Å². The molecule has 3 heteroatoms. The van der Waals surface area contributed by atoms with E-state index in [0.29, 0.717) is 6.42 Å². The Balaban J connectivity index is 1.65. The van der Waals surface area contributed by atoms with E-state index >= 15 is 4.39 Å². The molecular formula is C33H31ClF2. The van der Waals surface area contributed by atoms with E-state index in [-0.39, 0.29) is 5.92 Å². The summed E-state index contributed by atoms with van der Waals surface area (Å²) in [4.78, 5) is 0. The monoisotopic (exact) mass is 500 g/mol. The molecule has 0 heterocycles. The molecule has 0 N–H and O–H groups in total. The van der Waals surface area contributed by atoms with Crippen molar-refractivity contribution >= 4 is 22.7 Å². The van der Waals surface area contributed by atoms with Crippen molar-refractivity contribution in [1.29, 1.82) is 0 Å². The Labute approximate surface area is 218 Å². The van der Waals surface area contributed by atoms with E-state index in [1.54, 1.807) is 0 Å². The molecule has 2 atom stereocenters. The maximum atomic E-state index is 15.1. The molecule has 0 nitrogen and oxygen atoms in total. The summed E-state index contributed by atoms with van der Waals surface area (Å²) in [6.07, 6.45) is 10.8. The van der Waals surface area contributed by atoms with Crippen LogP contribution in [0.25, 0.3) is 11.1 Å². The van der Waals surface area contributed by atoms with Crippen molar-refractivity contribution in [1.82, 2.24) is 0 Å². The molecule has 2 unspecified atom stereocenters. The summed E-state index contributed by atoms with van der Waals surface area (Å²) >= 11 is 6.63. The van der Waals surface area contributed by atoms with Gasteiger partial charge in [0.2, 0.25) is 0 Å². The molecule has 5 rings (SSSR count). The Kier molecular flexibility index (Phi) is 6.99. The zero-order valence-corrected chi connectivity index (χ0v) is 21.8. The van der Waals surface area contributed by atoms with Crippen LogP contribution < -0.4 is 0 Å². The Hall–Kier alpha value is -2.97. The van der Waals surface area contributed by atoms with Gasteiger partial charge in [0.25, 0.3) is 0 Å². The van der Waals surface area contributed by atoms with Crippen LogP contribution in [0, 0.1) is 12.8 Å². The molecule has 3 aliphatic rings. The molecule has 0 aliphatic heterocycles. The molecule has 0 bridgehead atoms. The standard InChI is InChI=1S/C33H31ClF2/c1-20-8-11-23(12-9-20)25-15-13-24(34)19-30(25)29-16-21(2)10-14-28(29)26-6-4-5-7-27(26)31-17-22(3)18-32(35)33(31)36/h4-12,14,18-19,29,31H,13,15-17H2,1-3H3. The van der Waals surface area contributed by atoms with Crippen molar-refractivity contribution in [3.63, 3.8) is 0 Å². The quantitative estimate of drug-likeness (QED) is 0.391. The van der Waals surface area contributed by atoms with E-state index in [9.17, 15) is 4.39 Å². The summed E-state index contributed by atoms with van der Waals surface area (Å²) in [5, 5.41) is 0.866. The second kappa shape index (κ2) is 10.2. The first-order valence-corrected chi connectivity index (χ1v) is 13.0. The lowest BCUT2D eigenvalue weighted by Gasteiger charge is -2.32. The highest BCUT2D eigenvalue weighted by molar-refractivity contribution is 6.30. The largest absolute Gasteiger partial charge is 0.208 e. The first-order chi connectivity index (χ1) is 17.3. The predicted octanol–water partition coefficient (Wildman–Crippen LogP) is 10.3. The summed E-state index contributed by atoms with van der Waals surface area (Å²) in [7, 11) is 0. The van der Waals surface area contributed by atoms with Crippen LogP contribution in [0.1, 0.15) is 67.7 Å². The molecule has 3 aliphatic carbocycles. The molecule has 2 aromatic rings. The third-order valence-corrected chi connectivity index (χ3v) is 7.88. The summed E-state index contributed by atoms with van der Waals surface area (Å²) in [5.74, 6) is -1.96. The summed E-state index contributed by atoms with van der Waals surface area (Å²) < 4.78 is 29.6. The third-order valence-electron chi connectivity index (χ3n) is 7.58. The summed E-state index contributed by atoms with van der Waals surface area (Å²) in [5.41, 5.74) is 10.1. The second-order valence-electron chi connectivity index (χ2n) is 10.3. The van der Waals surface area contributed by atoms with Gasteiger partial charge in [0.15, 0.2) is 5.83 Å². The molecule has 0 spiro atoms. The van der Waals surface area contributed by atoms with Gasteiger partial charge < -0.3 is 0 Å². The number of allylic oxidation sites excluding steroid dienone is 12. The molecule has 0 radical (unpaired) electrons. The zero-order chi connectivity index (χ0) is 25.4. The number of halogens is 3. The lowest BCUT2D eigenvalue weighted by molar-refractivity contribution is 0.476. The predicted molar refractivity (Wildman–Crippen MR) is 148 cm³/mol. The molecule has 0 saturated heterocycles. The van der Waals surface area contributed by atoms with Gasteiger partial charge in [-0.1, -0.05) is 89.0 Å². The maximum absolute atomic E-state index is 15.1. The fourth-order valence-electron chi connectivity index (χ4n) is 5.73. The van der Waals surface area contributed by atoms with Crippen molar-refractivity contribution in [2.75, 3.05) is 0 Å².